The van der Waals surface area contributed by atoms with Gasteiger partial charge in [0.05, 0.1) is 22.9 Å². The van der Waals surface area contributed by atoms with Gasteiger partial charge in [-0.2, -0.15) is 0 Å². The lowest BCUT2D eigenvalue weighted by Gasteiger charge is -2.07. The number of benzene rings is 1. The van der Waals surface area contributed by atoms with Gasteiger partial charge in [0.25, 0.3) is 5.91 Å². The number of carbonyl (C=O) groups is 1. The van der Waals surface area contributed by atoms with Crippen LogP contribution in [0.5, 0.6) is 0 Å². The van der Waals surface area contributed by atoms with Crippen molar-refractivity contribution in [2.45, 2.75) is 6.54 Å². The van der Waals surface area contributed by atoms with Crippen molar-refractivity contribution < 1.29 is 4.79 Å². The number of para-hydroxylation sites is 2. The summed E-state index contributed by atoms with van der Waals surface area (Å²) in [7, 11) is 0. The first-order valence-electron chi connectivity index (χ1n) is 8.15. The molecule has 0 saturated carbocycles. The molecule has 6 heteroatoms. The van der Waals surface area contributed by atoms with Gasteiger partial charge in [-0.05, 0) is 42.0 Å². The van der Waals surface area contributed by atoms with E-state index in [4.69, 9.17) is 0 Å². The quantitative estimate of drug-likeness (QED) is 0.617. The standard InChI is InChI=1S/C20H15N5O/c26-20(19-13-23-16-5-1-2-6-17(16)25-19)24-11-14-7-9-22-18(10-14)15-4-3-8-21-12-15/h1-10,12-13H,11H2,(H,24,26). The predicted molar refractivity (Wildman–Crippen MR) is 98.2 cm³/mol. The van der Waals surface area contributed by atoms with Gasteiger partial charge in [0.2, 0.25) is 0 Å². The van der Waals surface area contributed by atoms with Crippen molar-refractivity contribution in [3.05, 3.63) is 84.6 Å². The summed E-state index contributed by atoms with van der Waals surface area (Å²) >= 11 is 0. The van der Waals surface area contributed by atoms with Crippen LogP contribution in [-0.2, 0) is 6.54 Å². The molecule has 6 nitrogen and oxygen atoms in total. The number of fused-ring (bicyclic) bond motifs is 1. The second-order valence-electron chi connectivity index (χ2n) is 5.72. The summed E-state index contributed by atoms with van der Waals surface area (Å²) in [4.78, 5) is 29.5. The Hall–Kier alpha value is -3.67. The lowest BCUT2D eigenvalue weighted by atomic mass is 10.1. The van der Waals surface area contributed by atoms with Crippen LogP contribution < -0.4 is 5.32 Å². The molecule has 0 atom stereocenters. The molecular formula is C20H15N5O. The Morgan fingerprint density at radius 3 is 2.65 bits per heavy atom. The molecule has 3 heterocycles. The number of nitrogens with one attached hydrogen (secondary N) is 1. The van der Waals surface area contributed by atoms with Crippen LogP contribution in [0.4, 0.5) is 0 Å². The minimum atomic E-state index is -0.261. The van der Waals surface area contributed by atoms with Gasteiger partial charge < -0.3 is 5.32 Å². The highest BCUT2D eigenvalue weighted by molar-refractivity contribution is 5.93. The minimum Gasteiger partial charge on any atom is -0.347 e. The molecule has 126 valence electrons. The number of aromatic nitrogens is 4. The van der Waals surface area contributed by atoms with E-state index in [-0.39, 0.29) is 5.91 Å². The molecule has 0 unspecified atom stereocenters. The Kier molecular flexibility index (Phi) is 4.30. The van der Waals surface area contributed by atoms with E-state index in [2.05, 4.69) is 25.3 Å². The largest absolute Gasteiger partial charge is 0.347 e. The van der Waals surface area contributed by atoms with Crippen molar-refractivity contribution in [3.63, 3.8) is 0 Å². The summed E-state index contributed by atoms with van der Waals surface area (Å²) in [6, 6.07) is 15.1. The molecule has 1 aromatic carbocycles. The van der Waals surface area contributed by atoms with E-state index in [9.17, 15) is 4.79 Å². The number of carbonyl (C=O) groups excluding carboxylic acids is 1. The van der Waals surface area contributed by atoms with Crippen molar-refractivity contribution >= 4 is 16.9 Å². The van der Waals surface area contributed by atoms with E-state index >= 15 is 0 Å². The van der Waals surface area contributed by atoms with Crippen LogP contribution in [0.3, 0.4) is 0 Å². The van der Waals surface area contributed by atoms with E-state index in [1.807, 2.05) is 48.5 Å². The van der Waals surface area contributed by atoms with Crippen molar-refractivity contribution in [2.24, 2.45) is 0 Å². The lowest BCUT2D eigenvalue weighted by molar-refractivity contribution is 0.0946. The maximum atomic E-state index is 12.4. The molecule has 0 saturated heterocycles. The maximum Gasteiger partial charge on any atom is 0.271 e. The fraction of sp³-hybridized carbons (Fsp3) is 0.0500. The zero-order valence-electron chi connectivity index (χ0n) is 13.8. The van der Waals surface area contributed by atoms with Crippen LogP contribution in [0.25, 0.3) is 22.3 Å². The molecule has 4 aromatic rings. The van der Waals surface area contributed by atoms with E-state index < -0.39 is 0 Å². The number of pyridine rings is 2. The van der Waals surface area contributed by atoms with E-state index in [0.29, 0.717) is 17.8 Å². The van der Waals surface area contributed by atoms with Crippen molar-refractivity contribution in [1.82, 2.24) is 25.3 Å². The van der Waals surface area contributed by atoms with Crippen molar-refractivity contribution in [2.75, 3.05) is 0 Å². The van der Waals surface area contributed by atoms with Crippen LogP contribution in [-0.4, -0.2) is 25.8 Å². The van der Waals surface area contributed by atoms with Gasteiger partial charge in [0, 0.05) is 30.7 Å². The third kappa shape index (κ3) is 3.39. The van der Waals surface area contributed by atoms with Crippen LogP contribution >= 0.6 is 0 Å². The van der Waals surface area contributed by atoms with Crippen LogP contribution in [0.2, 0.25) is 0 Å². The molecular weight excluding hydrogens is 326 g/mol. The molecule has 0 bridgehead atoms. The Morgan fingerprint density at radius 2 is 1.81 bits per heavy atom. The fourth-order valence-corrected chi connectivity index (χ4v) is 2.60. The van der Waals surface area contributed by atoms with Gasteiger partial charge in [-0.1, -0.05) is 12.1 Å². The molecule has 1 N–H and O–H groups in total. The van der Waals surface area contributed by atoms with Crippen LogP contribution in [0.1, 0.15) is 16.1 Å². The Morgan fingerprint density at radius 1 is 0.923 bits per heavy atom. The fourth-order valence-electron chi connectivity index (χ4n) is 2.60. The molecule has 0 radical (unpaired) electrons. The Balaban J connectivity index is 1.49. The van der Waals surface area contributed by atoms with Gasteiger partial charge in [-0.15, -0.1) is 0 Å². The summed E-state index contributed by atoms with van der Waals surface area (Å²) in [6.07, 6.45) is 6.69. The van der Waals surface area contributed by atoms with Crippen LogP contribution in [0, 0.1) is 0 Å². The maximum absolute atomic E-state index is 12.4. The van der Waals surface area contributed by atoms with Gasteiger partial charge in [-0.3, -0.25) is 19.7 Å². The summed E-state index contributed by atoms with van der Waals surface area (Å²) < 4.78 is 0. The third-order valence-corrected chi connectivity index (χ3v) is 3.92. The predicted octanol–water partition coefficient (Wildman–Crippen LogP) is 3.02. The first kappa shape index (κ1) is 15.8. The molecule has 4 rings (SSSR count). The normalized spacial score (nSPS) is 10.6. The number of hydrogen-bond acceptors (Lipinski definition) is 5. The zero-order valence-corrected chi connectivity index (χ0v) is 13.8. The van der Waals surface area contributed by atoms with E-state index in [1.54, 1.807) is 18.6 Å². The molecule has 1 amide bonds. The lowest BCUT2D eigenvalue weighted by Crippen LogP contribution is -2.24. The first-order valence-corrected chi connectivity index (χ1v) is 8.15. The highest BCUT2D eigenvalue weighted by atomic mass is 16.1. The smallest absolute Gasteiger partial charge is 0.271 e. The highest BCUT2D eigenvalue weighted by Crippen LogP contribution is 2.16. The number of amides is 1. The first-order chi connectivity index (χ1) is 12.8. The van der Waals surface area contributed by atoms with E-state index in [1.165, 1.54) is 6.20 Å². The van der Waals surface area contributed by atoms with Gasteiger partial charge in [0.1, 0.15) is 5.69 Å². The summed E-state index contributed by atoms with van der Waals surface area (Å²) in [5, 5.41) is 2.87. The monoisotopic (exact) mass is 341 g/mol. The summed E-state index contributed by atoms with van der Waals surface area (Å²) in [5.74, 6) is -0.261. The highest BCUT2D eigenvalue weighted by Gasteiger charge is 2.09. The number of hydrogen-bond donors (Lipinski definition) is 1. The molecule has 26 heavy (non-hydrogen) atoms. The van der Waals surface area contributed by atoms with Crippen LogP contribution in [0.15, 0.2) is 73.3 Å². The average molecular weight is 341 g/mol. The molecule has 0 spiro atoms. The molecule has 0 aliphatic rings. The average Bonchev–Trinajstić information content (AvgIpc) is 2.72. The van der Waals surface area contributed by atoms with Gasteiger partial charge in [-0.25, -0.2) is 4.98 Å². The number of rotatable bonds is 4. The Labute approximate surface area is 150 Å². The van der Waals surface area contributed by atoms with E-state index in [0.717, 1.165) is 22.3 Å². The Bertz CT molecular complexity index is 1070. The van der Waals surface area contributed by atoms with Crippen molar-refractivity contribution in [3.8, 4) is 11.3 Å². The molecule has 0 aliphatic carbocycles. The molecule has 0 aliphatic heterocycles. The summed E-state index contributed by atoms with van der Waals surface area (Å²) in [5.41, 5.74) is 4.45. The SMILES string of the molecule is O=C(NCc1ccnc(-c2cccnc2)c1)c1cnc2ccccc2n1. The minimum absolute atomic E-state index is 0.261. The van der Waals surface area contributed by atoms with Gasteiger partial charge >= 0.3 is 0 Å². The number of nitrogens with zero attached hydrogens (tertiary/aromatic N) is 4. The summed E-state index contributed by atoms with van der Waals surface area (Å²) in [6.45, 7) is 0.378. The molecule has 3 aromatic heterocycles. The zero-order chi connectivity index (χ0) is 17.8. The van der Waals surface area contributed by atoms with Gasteiger partial charge in [0.15, 0.2) is 0 Å². The second kappa shape index (κ2) is 7.06. The molecule has 0 fully saturated rings. The van der Waals surface area contributed by atoms with Crippen molar-refractivity contribution in [1.29, 1.82) is 0 Å². The second-order valence-corrected chi connectivity index (χ2v) is 5.72. The third-order valence-electron chi connectivity index (χ3n) is 3.92. The topological polar surface area (TPSA) is 80.7 Å².